The van der Waals surface area contributed by atoms with Crippen LogP contribution in [-0.4, -0.2) is 82.3 Å². The Morgan fingerprint density at radius 1 is 0.950 bits per heavy atom. The summed E-state index contributed by atoms with van der Waals surface area (Å²) in [5, 5.41) is 51.0. The second kappa shape index (κ2) is 11.6. The molecule has 40 heavy (non-hydrogen) atoms. The summed E-state index contributed by atoms with van der Waals surface area (Å²) in [6, 6.07) is 8.43. The summed E-state index contributed by atoms with van der Waals surface area (Å²) in [5.74, 6) is 0.0552. The second-order valence-corrected chi connectivity index (χ2v) is 10.0. The molecule has 7 atom stereocenters. The number of benzene rings is 2. The van der Waals surface area contributed by atoms with Crippen LogP contribution in [0.25, 0.3) is 22.3 Å². The molecule has 3 aromatic rings. The molecule has 5 rings (SSSR count). The summed E-state index contributed by atoms with van der Waals surface area (Å²) < 4.78 is 34.0. The number of ether oxygens (including phenoxy) is 5. The number of rotatable bonds is 7. The van der Waals surface area contributed by atoms with Gasteiger partial charge < -0.3 is 53.6 Å². The van der Waals surface area contributed by atoms with Crippen LogP contribution in [-0.2, 0) is 14.2 Å². The summed E-state index contributed by atoms with van der Waals surface area (Å²) >= 11 is 0. The van der Waals surface area contributed by atoms with Crippen molar-refractivity contribution in [3.63, 3.8) is 0 Å². The molecule has 12 heteroatoms. The summed E-state index contributed by atoms with van der Waals surface area (Å²) in [6.07, 6.45) is -5.00. The van der Waals surface area contributed by atoms with E-state index in [4.69, 9.17) is 28.1 Å². The van der Waals surface area contributed by atoms with Gasteiger partial charge in [0.15, 0.2) is 23.2 Å². The van der Waals surface area contributed by atoms with Gasteiger partial charge in [-0.3, -0.25) is 4.79 Å². The van der Waals surface area contributed by atoms with Crippen molar-refractivity contribution >= 4 is 11.0 Å². The van der Waals surface area contributed by atoms with E-state index in [1.165, 1.54) is 37.4 Å². The third-order valence-corrected chi connectivity index (χ3v) is 6.99. The van der Waals surface area contributed by atoms with Gasteiger partial charge in [0.05, 0.1) is 38.1 Å². The molecule has 0 spiro atoms. The van der Waals surface area contributed by atoms with Crippen molar-refractivity contribution in [2.24, 2.45) is 0 Å². The van der Waals surface area contributed by atoms with Crippen LogP contribution in [0, 0.1) is 0 Å². The molecule has 3 heterocycles. The van der Waals surface area contributed by atoms with Gasteiger partial charge in [-0.2, -0.15) is 0 Å². The van der Waals surface area contributed by atoms with E-state index in [0.29, 0.717) is 5.56 Å². The van der Waals surface area contributed by atoms with Crippen LogP contribution in [0.15, 0.2) is 45.6 Å². The second-order valence-electron chi connectivity index (χ2n) is 10.0. The summed E-state index contributed by atoms with van der Waals surface area (Å²) in [6.45, 7) is 1.68. The summed E-state index contributed by atoms with van der Waals surface area (Å²) in [4.78, 5) is 12.8. The Balaban J connectivity index is 1.31. The Morgan fingerprint density at radius 2 is 1.75 bits per heavy atom. The van der Waals surface area contributed by atoms with E-state index in [1.54, 1.807) is 13.0 Å². The molecular weight excluding hydrogens is 528 g/mol. The lowest BCUT2D eigenvalue weighted by Gasteiger charge is -2.37. The highest BCUT2D eigenvalue weighted by molar-refractivity contribution is 5.86. The fraction of sp³-hybridized carbons (Fsp3) is 0.464. The number of phenols is 2. The zero-order valence-corrected chi connectivity index (χ0v) is 21.9. The van der Waals surface area contributed by atoms with Crippen molar-refractivity contribution in [2.45, 2.75) is 69.3 Å². The van der Waals surface area contributed by atoms with Crippen molar-refractivity contribution < 1.29 is 53.6 Å². The molecule has 0 saturated carbocycles. The lowest BCUT2D eigenvalue weighted by Crippen LogP contribution is -2.48. The van der Waals surface area contributed by atoms with Crippen molar-refractivity contribution in [2.75, 3.05) is 13.7 Å². The van der Waals surface area contributed by atoms with Crippen molar-refractivity contribution in [3.8, 4) is 34.3 Å². The molecule has 12 nitrogen and oxygen atoms in total. The zero-order chi connectivity index (χ0) is 28.6. The van der Waals surface area contributed by atoms with Gasteiger partial charge in [0, 0.05) is 43.0 Å². The molecule has 2 aromatic carbocycles. The number of hydrogen-bond donors (Lipinski definition) is 5. The topological polar surface area (TPSA) is 178 Å². The van der Waals surface area contributed by atoms with Crippen LogP contribution < -0.4 is 14.9 Å². The highest BCUT2D eigenvalue weighted by Gasteiger charge is 2.36. The van der Waals surface area contributed by atoms with E-state index in [9.17, 15) is 30.3 Å². The normalized spacial score (nSPS) is 28.9. The maximum atomic E-state index is 12.8. The maximum Gasteiger partial charge on any atom is 0.202 e. The first-order chi connectivity index (χ1) is 19.1. The minimum absolute atomic E-state index is 0.00261. The van der Waals surface area contributed by atoms with Crippen LogP contribution >= 0.6 is 0 Å². The predicted octanol–water partition coefficient (Wildman–Crippen LogP) is 2.00. The van der Waals surface area contributed by atoms with Crippen molar-refractivity contribution in [3.05, 3.63) is 46.6 Å². The van der Waals surface area contributed by atoms with Gasteiger partial charge >= 0.3 is 0 Å². The Hall–Kier alpha value is -3.39. The number of methoxy groups -OCH3 is 1. The smallest absolute Gasteiger partial charge is 0.202 e. The minimum Gasteiger partial charge on any atom is -0.507 e. The third-order valence-electron chi connectivity index (χ3n) is 6.99. The average molecular weight is 561 g/mol. The Bertz CT molecular complexity index is 1400. The highest BCUT2D eigenvalue weighted by Crippen LogP contribution is 2.35. The van der Waals surface area contributed by atoms with E-state index in [1.807, 2.05) is 0 Å². The molecule has 2 saturated heterocycles. The van der Waals surface area contributed by atoms with Crippen LogP contribution in [0.3, 0.4) is 0 Å². The molecule has 0 unspecified atom stereocenters. The Labute approximate surface area is 228 Å². The first kappa shape index (κ1) is 28.1. The standard InChI is InChI=1S/C28H32O12/c1-13-18(30)10-22(34)28(37-13)36-12-17-6-15(29)7-26(39-17)38-16-8-20(32)27-21(33)11-24(40-25(27)9-16)14-3-4-23(35-2)19(31)5-14/h3-5,8-9,11,13,15,17-18,22,26,28-32,34H,6-7,10,12H2,1-2H3/t13-,15-,17-,18+,22+,26+,28+/m0/s1. The van der Waals surface area contributed by atoms with Gasteiger partial charge in [0.25, 0.3) is 0 Å². The monoisotopic (exact) mass is 560 g/mol. The van der Waals surface area contributed by atoms with Gasteiger partial charge in [0.2, 0.25) is 6.29 Å². The molecular formula is C28H32O12. The predicted molar refractivity (Wildman–Crippen MR) is 139 cm³/mol. The molecule has 1 aromatic heterocycles. The lowest BCUT2D eigenvalue weighted by molar-refractivity contribution is -0.277. The van der Waals surface area contributed by atoms with Gasteiger partial charge in [-0.1, -0.05) is 0 Å². The molecule has 2 fully saturated rings. The lowest BCUT2D eigenvalue weighted by atomic mass is 10.0. The van der Waals surface area contributed by atoms with Crippen molar-refractivity contribution in [1.82, 2.24) is 0 Å². The third kappa shape index (κ3) is 6.02. The van der Waals surface area contributed by atoms with Crippen LogP contribution in [0.1, 0.15) is 26.2 Å². The fourth-order valence-corrected chi connectivity index (χ4v) is 4.88. The van der Waals surface area contributed by atoms with Crippen LogP contribution in [0.2, 0.25) is 0 Å². The molecule has 0 bridgehead atoms. The molecule has 216 valence electrons. The molecule has 0 amide bonds. The van der Waals surface area contributed by atoms with Crippen molar-refractivity contribution in [1.29, 1.82) is 0 Å². The first-order valence-electron chi connectivity index (χ1n) is 12.9. The van der Waals surface area contributed by atoms with E-state index in [2.05, 4.69) is 0 Å². The molecule has 2 aliphatic heterocycles. The number of fused-ring (bicyclic) bond motifs is 1. The number of phenolic OH excluding ortho intramolecular Hbond substituents is 2. The van der Waals surface area contributed by atoms with Gasteiger partial charge in [0.1, 0.15) is 34.3 Å². The largest absolute Gasteiger partial charge is 0.507 e. The van der Waals surface area contributed by atoms with Gasteiger partial charge in [-0.25, -0.2) is 0 Å². The molecule has 5 N–H and O–H groups in total. The minimum atomic E-state index is -1.01. The summed E-state index contributed by atoms with van der Waals surface area (Å²) in [5.41, 5.74) is -0.0319. The maximum absolute atomic E-state index is 12.8. The fourth-order valence-electron chi connectivity index (χ4n) is 4.88. The van der Waals surface area contributed by atoms with Crippen LogP contribution in [0.4, 0.5) is 0 Å². The van der Waals surface area contributed by atoms with E-state index in [-0.39, 0.29) is 65.6 Å². The SMILES string of the molecule is COc1ccc(-c2cc(=O)c3c(O)cc(O[C@H]4C[C@@H](O)C[C@@H](CO[C@@H]5O[C@@H](C)[C@H](O)C[C@H]5O)O4)cc3o2)cc1O. The summed E-state index contributed by atoms with van der Waals surface area (Å²) in [7, 11) is 1.42. The Morgan fingerprint density at radius 3 is 2.50 bits per heavy atom. The Kier molecular flexibility index (Phi) is 8.17. The molecule has 0 radical (unpaired) electrons. The first-order valence-corrected chi connectivity index (χ1v) is 12.9. The zero-order valence-electron chi connectivity index (χ0n) is 21.9. The molecule has 0 aliphatic carbocycles. The average Bonchev–Trinajstić information content (AvgIpc) is 2.89. The van der Waals surface area contributed by atoms with E-state index >= 15 is 0 Å². The molecule has 2 aliphatic rings. The van der Waals surface area contributed by atoms with Gasteiger partial charge in [-0.05, 0) is 25.1 Å². The highest BCUT2D eigenvalue weighted by atomic mass is 16.7. The number of hydrogen-bond acceptors (Lipinski definition) is 12. The van der Waals surface area contributed by atoms with Gasteiger partial charge in [-0.15, -0.1) is 0 Å². The van der Waals surface area contributed by atoms with E-state index in [0.717, 1.165) is 0 Å². The number of aliphatic hydroxyl groups excluding tert-OH is 3. The van der Waals surface area contributed by atoms with Crippen LogP contribution in [0.5, 0.6) is 23.0 Å². The quantitative estimate of drug-likeness (QED) is 0.284. The number of aliphatic hydroxyl groups is 3. The van der Waals surface area contributed by atoms with E-state index < -0.39 is 48.5 Å². The number of aromatic hydroxyl groups is 2.